The summed E-state index contributed by atoms with van der Waals surface area (Å²) in [6.07, 6.45) is 1.18. The van der Waals surface area contributed by atoms with Crippen LogP contribution >= 0.6 is 11.6 Å². The summed E-state index contributed by atoms with van der Waals surface area (Å²) in [5.41, 5.74) is 0.188. The molecule has 1 aliphatic heterocycles. The van der Waals surface area contributed by atoms with Gasteiger partial charge in [-0.3, -0.25) is 19.5 Å². The van der Waals surface area contributed by atoms with Gasteiger partial charge in [0, 0.05) is 27.2 Å². The average Bonchev–Trinajstić information content (AvgIpc) is 3.23. The fourth-order valence-electron chi connectivity index (χ4n) is 4.45. The van der Waals surface area contributed by atoms with E-state index in [-0.39, 0.29) is 16.7 Å². The normalized spacial score (nSPS) is 13.6. The molecule has 39 heavy (non-hydrogen) atoms. The summed E-state index contributed by atoms with van der Waals surface area (Å²) in [5.74, 6) is -1.37. The third kappa shape index (κ3) is 4.41. The Morgan fingerprint density at radius 3 is 2.23 bits per heavy atom. The summed E-state index contributed by atoms with van der Waals surface area (Å²) in [4.78, 5) is 39.8. The average molecular weight is 550 g/mol. The predicted molar refractivity (Wildman–Crippen MR) is 146 cm³/mol. The summed E-state index contributed by atoms with van der Waals surface area (Å²) in [7, 11) is 0. The van der Waals surface area contributed by atoms with E-state index < -0.39 is 42.7 Å². The molecule has 0 saturated heterocycles. The zero-order chi connectivity index (χ0) is 27.9. The molecule has 2 heterocycles. The van der Waals surface area contributed by atoms with Gasteiger partial charge in [-0.15, -0.1) is 0 Å². The number of nitrogens with zero attached hydrogens (tertiary/aromatic N) is 3. The van der Waals surface area contributed by atoms with Crippen LogP contribution in [0.5, 0.6) is 0 Å². The van der Waals surface area contributed by atoms with Crippen molar-refractivity contribution in [3.8, 4) is 5.69 Å². The third-order valence-electron chi connectivity index (χ3n) is 6.70. The number of hydrogen-bond donors (Lipinski definition) is 5. The van der Waals surface area contributed by atoms with Crippen LogP contribution in [-0.2, 0) is 0 Å². The van der Waals surface area contributed by atoms with Gasteiger partial charge in [0.2, 0.25) is 0 Å². The van der Waals surface area contributed by atoms with E-state index >= 15 is 0 Å². The number of aromatic amines is 1. The lowest BCUT2D eigenvalue weighted by Crippen LogP contribution is -2.49. The largest absolute Gasteiger partial charge is 0.394 e. The van der Waals surface area contributed by atoms with E-state index in [0.29, 0.717) is 37.9 Å². The SMILES string of the molecule is Cc1[nH]n(-c2ccc(Cl)cc2)c(=O)c1C=NN1C(=O)c2cccc3c(NC(CO)(CO)CO)ccc(c23)C1=O. The molecule has 5 N–H and O–H groups in total. The fraction of sp³-hybridized carbons (Fsp3) is 0.185. The van der Waals surface area contributed by atoms with Crippen molar-refractivity contribution in [2.75, 3.05) is 25.1 Å². The number of anilines is 1. The molecule has 1 aliphatic rings. The summed E-state index contributed by atoms with van der Waals surface area (Å²) in [6.45, 7) is 0.00943. The number of aliphatic hydroxyl groups excluding tert-OH is 3. The van der Waals surface area contributed by atoms with E-state index in [0.717, 1.165) is 0 Å². The van der Waals surface area contributed by atoms with Crippen LogP contribution < -0.4 is 10.9 Å². The standard InChI is InChI=1S/C27H24ClN5O6/c1-15-21(26(39)32(31-15)17-7-5-16(28)6-8-17)11-29-33-24(37)19-4-2-3-18-22(30-27(12-34,13-35)14-36)10-9-20(23(18)19)25(33)38/h2-11,30-31,34-36H,12-14H2,1H3. The van der Waals surface area contributed by atoms with Crippen molar-refractivity contribution in [3.05, 3.63) is 92.4 Å². The molecular weight excluding hydrogens is 526 g/mol. The van der Waals surface area contributed by atoms with E-state index in [1.807, 2.05) is 0 Å². The van der Waals surface area contributed by atoms with E-state index in [1.54, 1.807) is 55.5 Å². The number of nitrogens with one attached hydrogen (secondary N) is 2. The number of carbonyl (C=O) groups excluding carboxylic acids is 2. The van der Waals surface area contributed by atoms with Gasteiger partial charge in [0.15, 0.2) is 0 Å². The Morgan fingerprint density at radius 1 is 0.949 bits per heavy atom. The van der Waals surface area contributed by atoms with Crippen LogP contribution in [0.2, 0.25) is 5.02 Å². The van der Waals surface area contributed by atoms with Gasteiger partial charge in [-0.05, 0) is 49.4 Å². The van der Waals surface area contributed by atoms with Crippen LogP contribution in [0.25, 0.3) is 16.5 Å². The molecule has 0 saturated carbocycles. The van der Waals surface area contributed by atoms with Crippen LogP contribution in [0.1, 0.15) is 32.0 Å². The number of rotatable bonds is 8. The van der Waals surface area contributed by atoms with E-state index in [1.165, 1.54) is 17.0 Å². The number of aryl methyl sites for hydroxylation is 1. The van der Waals surface area contributed by atoms with E-state index in [4.69, 9.17) is 11.6 Å². The first kappa shape index (κ1) is 26.3. The Hall–Kier alpha value is -4.29. The maximum atomic E-state index is 13.4. The lowest BCUT2D eigenvalue weighted by Gasteiger charge is -2.31. The Bertz CT molecular complexity index is 1660. The number of aromatic nitrogens is 2. The van der Waals surface area contributed by atoms with Crippen LogP contribution in [0.3, 0.4) is 0 Å². The van der Waals surface area contributed by atoms with Gasteiger partial charge in [0.1, 0.15) is 5.54 Å². The number of hydrogen-bond acceptors (Lipinski definition) is 8. The van der Waals surface area contributed by atoms with Crippen molar-refractivity contribution < 1.29 is 24.9 Å². The maximum absolute atomic E-state index is 13.4. The monoisotopic (exact) mass is 549 g/mol. The van der Waals surface area contributed by atoms with E-state index in [2.05, 4.69) is 15.5 Å². The quantitative estimate of drug-likeness (QED) is 0.166. The van der Waals surface area contributed by atoms with Crippen molar-refractivity contribution in [1.82, 2.24) is 14.8 Å². The maximum Gasteiger partial charge on any atom is 0.282 e. The lowest BCUT2D eigenvalue weighted by molar-refractivity contribution is 0.0616. The first-order chi connectivity index (χ1) is 18.7. The lowest BCUT2D eigenvalue weighted by atomic mass is 9.92. The highest BCUT2D eigenvalue weighted by Gasteiger charge is 2.35. The Kier molecular flexibility index (Phi) is 6.83. The number of aliphatic hydroxyl groups is 3. The molecule has 0 spiro atoms. The minimum atomic E-state index is -1.41. The summed E-state index contributed by atoms with van der Waals surface area (Å²) >= 11 is 5.94. The highest BCUT2D eigenvalue weighted by atomic mass is 35.5. The van der Waals surface area contributed by atoms with Crippen molar-refractivity contribution in [2.24, 2.45) is 5.10 Å². The van der Waals surface area contributed by atoms with Gasteiger partial charge in [-0.1, -0.05) is 23.7 Å². The molecular formula is C27H24ClN5O6. The highest BCUT2D eigenvalue weighted by Crippen LogP contribution is 2.35. The van der Waals surface area contributed by atoms with Crippen LogP contribution in [0.15, 0.2) is 64.5 Å². The van der Waals surface area contributed by atoms with Gasteiger partial charge in [-0.25, -0.2) is 4.68 Å². The van der Waals surface area contributed by atoms with Gasteiger partial charge >= 0.3 is 0 Å². The minimum Gasteiger partial charge on any atom is -0.394 e. The third-order valence-corrected chi connectivity index (χ3v) is 6.95. The number of benzene rings is 3. The van der Waals surface area contributed by atoms with Gasteiger partial charge in [-0.2, -0.15) is 10.1 Å². The second kappa shape index (κ2) is 10.1. The van der Waals surface area contributed by atoms with E-state index in [9.17, 15) is 29.7 Å². The van der Waals surface area contributed by atoms with Crippen molar-refractivity contribution >= 4 is 46.1 Å². The molecule has 5 rings (SSSR count). The molecule has 0 fully saturated rings. The second-order valence-electron chi connectivity index (χ2n) is 9.20. The fourth-order valence-corrected chi connectivity index (χ4v) is 4.58. The topological polar surface area (TPSA) is 160 Å². The van der Waals surface area contributed by atoms with Crippen molar-refractivity contribution in [3.63, 3.8) is 0 Å². The summed E-state index contributed by atoms with van der Waals surface area (Å²) in [5, 5.41) is 41.2. The molecule has 1 aromatic heterocycles. The molecule has 4 aromatic rings. The Morgan fingerprint density at radius 2 is 1.59 bits per heavy atom. The molecule has 0 aliphatic carbocycles. The van der Waals surface area contributed by atoms with Gasteiger partial charge < -0.3 is 20.6 Å². The molecule has 12 heteroatoms. The number of H-pyrrole nitrogens is 1. The van der Waals surface area contributed by atoms with Crippen LogP contribution in [0, 0.1) is 6.92 Å². The predicted octanol–water partition coefficient (Wildman–Crippen LogP) is 2.04. The van der Waals surface area contributed by atoms with Crippen molar-refractivity contribution in [2.45, 2.75) is 12.5 Å². The number of halogens is 1. The molecule has 0 bridgehead atoms. The minimum absolute atomic E-state index is 0.169. The first-order valence-corrected chi connectivity index (χ1v) is 12.3. The zero-order valence-corrected chi connectivity index (χ0v) is 21.4. The first-order valence-electron chi connectivity index (χ1n) is 11.9. The number of amides is 2. The molecule has 3 aromatic carbocycles. The number of hydrazone groups is 1. The molecule has 200 valence electrons. The number of carbonyl (C=O) groups is 2. The van der Waals surface area contributed by atoms with Gasteiger partial charge in [0.05, 0.1) is 48.4 Å². The molecule has 2 amide bonds. The highest BCUT2D eigenvalue weighted by molar-refractivity contribution is 6.30. The van der Waals surface area contributed by atoms with Crippen molar-refractivity contribution in [1.29, 1.82) is 0 Å². The molecule has 11 nitrogen and oxygen atoms in total. The zero-order valence-electron chi connectivity index (χ0n) is 20.7. The molecule has 0 unspecified atom stereocenters. The molecule has 0 atom stereocenters. The second-order valence-corrected chi connectivity index (χ2v) is 9.64. The smallest absolute Gasteiger partial charge is 0.282 e. The molecule has 0 radical (unpaired) electrons. The van der Waals surface area contributed by atoms with Crippen LogP contribution in [-0.4, -0.2) is 73.5 Å². The summed E-state index contributed by atoms with van der Waals surface area (Å²) < 4.78 is 1.31. The summed E-state index contributed by atoms with van der Waals surface area (Å²) in [6, 6.07) is 14.6. The van der Waals surface area contributed by atoms with Gasteiger partial charge in [0.25, 0.3) is 17.4 Å². The Labute approximate surface area is 226 Å². The number of imide groups is 1. The Balaban J connectivity index is 1.52. The van der Waals surface area contributed by atoms with Crippen LogP contribution in [0.4, 0.5) is 5.69 Å².